The number of rotatable bonds is 4. The predicted molar refractivity (Wildman–Crippen MR) is 179 cm³/mol. The van der Waals surface area contributed by atoms with Gasteiger partial charge >= 0.3 is 5.97 Å². The Bertz CT molecular complexity index is 1550. The highest BCUT2D eigenvalue weighted by molar-refractivity contribution is 7.90. The first kappa shape index (κ1) is 34.3. The summed E-state index contributed by atoms with van der Waals surface area (Å²) in [7, 11) is -3.97. The number of benzene rings is 2. The standard InChI is InChI=1S/C35H45ClN2O7S/c1-4-43-34(39)22-45-32-10-7-8-23(2)24(3)46(41,42)37-35(40)26-13-16-33-31(19-26)38(20-27-12-15-30(27)32)17-6-5-9-25-18-29(36)14-11-28(25)21-44-33/h7,10-11,13-14,16,18-19,23-24,27,30,32H,4-6,8-9,12,15,17,20-22H2,1-3H3,(H,37,40)/b10-7+/t23-,24-,27-,30+,32-/m0/s1. The van der Waals surface area contributed by atoms with Gasteiger partial charge in [0.1, 0.15) is 19.0 Å². The number of ether oxygens (including phenoxy) is 3. The fourth-order valence-corrected chi connectivity index (χ4v) is 7.99. The number of halogens is 1. The van der Waals surface area contributed by atoms with Crippen LogP contribution in [0, 0.1) is 17.8 Å². The van der Waals surface area contributed by atoms with Gasteiger partial charge in [0.2, 0.25) is 10.0 Å². The first-order chi connectivity index (χ1) is 22.1. The maximum Gasteiger partial charge on any atom is 0.332 e. The number of anilines is 1. The fraction of sp³-hybridized carbons (Fsp3) is 0.543. The molecular weight excluding hydrogens is 628 g/mol. The summed E-state index contributed by atoms with van der Waals surface area (Å²) in [5, 5.41) is -0.128. The average Bonchev–Trinajstić information content (AvgIpc) is 3.04. The monoisotopic (exact) mass is 672 g/mol. The van der Waals surface area contributed by atoms with E-state index >= 15 is 0 Å². The maximum absolute atomic E-state index is 13.4. The number of aryl methyl sites for hydroxylation is 1. The zero-order valence-corrected chi connectivity index (χ0v) is 28.4. The minimum Gasteiger partial charge on any atom is -0.487 e. The zero-order chi connectivity index (χ0) is 32.8. The summed E-state index contributed by atoms with van der Waals surface area (Å²) in [5.74, 6) is -0.283. The number of sulfonamides is 1. The second-order valence-electron chi connectivity index (χ2n) is 12.7. The molecule has 1 N–H and O–H groups in total. The molecular formula is C35H45ClN2O7S. The Morgan fingerprint density at radius 2 is 1.93 bits per heavy atom. The summed E-state index contributed by atoms with van der Waals surface area (Å²) in [6.45, 7) is 7.12. The third-order valence-corrected chi connectivity index (χ3v) is 11.8. The molecule has 5 rings (SSSR count). The average molecular weight is 673 g/mol. The number of hydrogen-bond donors (Lipinski definition) is 1. The second kappa shape index (κ2) is 15.2. The van der Waals surface area contributed by atoms with Crippen LogP contribution in [-0.4, -0.2) is 58.0 Å². The van der Waals surface area contributed by atoms with Gasteiger partial charge in [0.25, 0.3) is 5.91 Å². The van der Waals surface area contributed by atoms with E-state index in [1.807, 2.05) is 37.3 Å². The van der Waals surface area contributed by atoms with E-state index in [-0.39, 0.29) is 42.6 Å². The Kier molecular flexibility index (Phi) is 11.3. The molecule has 250 valence electrons. The van der Waals surface area contributed by atoms with Crippen LogP contribution in [0.2, 0.25) is 5.02 Å². The lowest BCUT2D eigenvalue weighted by atomic mass is 9.70. The molecule has 11 heteroatoms. The van der Waals surface area contributed by atoms with Crippen molar-refractivity contribution in [1.29, 1.82) is 0 Å². The van der Waals surface area contributed by atoms with Crippen molar-refractivity contribution in [1.82, 2.24) is 4.72 Å². The van der Waals surface area contributed by atoms with E-state index in [0.717, 1.165) is 55.5 Å². The van der Waals surface area contributed by atoms with Crippen LogP contribution in [0.25, 0.3) is 0 Å². The van der Waals surface area contributed by atoms with Crippen LogP contribution in [0.3, 0.4) is 0 Å². The van der Waals surface area contributed by atoms with Crippen molar-refractivity contribution in [3.8, 4) is 5.75 Å². The largest absolute Gasteiger partial charge is 0.487 e. The smallest absolute Gasteiger partial charge is 0.332 e. The molecule has 0 spiro atoms. The number of nitrogens with one attached hydrogen (secondary N) is 1. The van der Waals surface area contributed by atoms with Crippen molar-refractivity contribution < 1.29 is 32.2 Å². The summed E-state index contributed by atoms with van der Waals surface area (Å²) in [6.07, 6.45) is 8.72. The second-order valence-corrected chi connectivity index (χ2v) is 15.2. The number of nitrogens with zero attached hydrogens (tertiary/aromatic N) is 1. The van der Waals surface area contributed by atoms with E-state index < -0.39 is 27.1 Å². The van der Waals surface area contributed by atoms with E-state index in [0.29, 0.717) is 30.3 Å². The Labute approximate surface area is 277 Å². The van der Waals surface area contributed by atoms with Crippen LogP contribution in [0.15, 0.2) is 48.6 Å². The van der Waals surface area contributed by atoms with Gasteiger partial charge in [-0.2, -0.15) is 0 Å². The van der Waals surface area contributed by atoms with E-state index in [9.17, 15) is 18.0 Å². The molecule has 2 heterocycles. The summed E-state index contributed by atoms with van der Waals surface area (Å²) >= 11 is 6.33. The van der Waals surface area contributed by atoms with E-state index in [4.69, 9.17) is 25.8 Å². The highest BCUT2D eigenvalue weighted by atomic mass is 35.5. The van der Waals surface area contributed by atoms with Crippen LogP contribution in [0.5, 0.6) is 5.75 Å². The van der Waals surface area contributed by atoms with Crippen LogP contribution in [0.1, 0.15) is 74.4 Å². The molecule has 5 atom stereocenters. The lowest BCUT2D eigenvalue weighted by Gasteiger charge is -2.44. The van der Waals surface area contributed by atoms with Gasteiger partial charge in [-0.1, -0.05) is 36.7 Å². The van der Waals surface area contributed by atoms with Crippen molar-refractivity contribution in [2.24, 2.45) is 17.8 Å². The number of carbonyl (C=O) groups excluding carboxylic acids is 2. The van der Waals surface area contributed by atoms with Crippen molar-refractivity contribution in [3.05, 3.63) is 70.3 Å². The Morgan fingerprint density at radius 1 is 1.11 bits per heavy atom. The summed E-state index contributed by atoms with van der Waals surface area (Å²) in [5.41, 5.74) is 3.22. The van der Waals surface area contributed by atoms with Crippen molar-refractivity contribution in [2.75, 3.05) is 31.2 Å². The minimum atomic E-state index is -3.97. The highest BCUT2D eigenvalue weighted by Crippen LogP contribution is 2.42. The summed E-state index contributed by atoms with van der Waals surface area (Å²) < 4.78 is 46.6. The van der Waals surface area contributed by atoms with Crippen molar-refractivity contribution >= 4 is 39.2 Å². The van der Waals surface area contributed by atoms with E-state index in [1.54, 1.807) is 32.0 Å². The van der Waals surface area contributed by atoms with Gasteiger partial charge in [-0.3, -0.25) is 4.79 Å². The van der Waals surface area contributed by atoms with Crippen LogP contribution in [-0.2, 0) is 37.3 Å². The van der Waals surface area contributed by atoms with Gasteiger partial charge in [0, 0.05) is 23.7 Å². The van der Waals surface area contributed by atoms with Crippen LogP contribution in [0.4, 0.5) is 5.69 Å². The first-order valence-electron chi connectivity index (χ1n) is 16.3. The van der Waals surface area contributed by atoms with E-state index in [2.05, 4.69) is 9.62 Å². The van der Waals surface area contributed by atoms with Gasteiger partial charge in [0.15, 0.2) is 0 Å². The zero-order valence-electron chi connectivity index (χ0n) is 26.9. The lowest BCUT2D eigenvalue weighted by Crippen LogP contribution is -2.44. The maximum atomic E-state index is 13.4. The molecule has 2 aliphatic heterocycles. The van der Waals surface area contributed by atoms with Crippen molar-refractivity contribution in [2.45, 2.75) is 77.3 Å². The molecule has 2 aromatic rings. The highest BCUT2D eigenvalue weighted by Gasteiger charge is 2.39. The normalized spacial score (nSPS) is 27.3. The Morgan fingerprint density at radius 3 is 2.70 bits per heavy atom. The molecule has 0 saturated heterocycles. The molecule has 2 aromatic carbocycles. The predicted octanol–water partition coefficient (Wildman–Crippen LogP) is 6.08. The quantitative estimate of drug-likeness (QED) is 0.307. The summed E-state index contributed by atoms with van der Waals surface area (Å²) in [4.78, 5) is 27.9. The van der Waals surface area contributed by atoms with Gasteiger partial charge in [-0.25, -0.2) is 17.9 Å². The Balaban J connectivity index is 1.52. The van der Waals surface area contributed by atoms with Crippen molar-refractivity contribution in [3.63, 3.8) is 0 Å². The van der Waals surface area contributed by atoms with Gasteiger partial charge in [0.05, 0.1) is 23.6 Å². The fourth-order valence-electron chi connectivity index (χ4n) is 6.51. The molecule has 1 fully saturated rings. The minimum absolute atomic E-state index is 0.146. The molecule has 0 aromatic heterocycles. The SMILES string of the molecule is CCOC(=O)CO[C@H]1/C=C/C[C@H](C)[C@H](C)S(=O)(=O)NC(=O)c2ccc3c(c2)N(CCCCc2cc(Cl)ccc2CO3)C[C@@H]2CC[C@H]21. The number of carbonyl (C=O) groups is 2. The molecule has 3 aliphatic rings. The van der Waals surface area contributed by atoms with Gasteiger partial charge in [-0.05, 0) is 112 Å². The van der Waals surface area contributed by atoms with Gasteiger partial charge < -0.3 is 19.1 Å². The number of esters is 1. The number of hydrogen-bond acceptors (Lipinski definition) is 8. The van der Waals surface area contributed by atoms with E-state index in [1.165, 1.54) is 0 Å². The number of fused-ring (bicyclic) bond motifs is 3. The first-order valence-corrected chi connectivity index (χ1v) is 18.3. The molecule has 46 heavy (non-hydrogen) atoms. The molecule has 9 nitrogen and oxygen atoms in total. The van der Waals surface area contributed by atoms with Gasteiger partial charge in [-0.15, -0.1) is 0 Å². The molecule has 1 amide bonds. The topological polar surface area (TPSA) is 111 Å². The molecule has 0 unspecified atom stereocenters. The molecule has 1 saturated carbocycles. The molecule has 1 aliphatic carbocycles. The lowest BCUT2D eigenvalue weighted by molar-refractivity contribution is -0.151. The number of allylic oxidation sites excluding steroid dienone is 1. The van der Waals surface area contributed by atoms with Crippen LogP contribution >= 0.6 is 11.6 Å². The van der Waals surface area contributed by atoms with Crippen LogP contribution < -0.4 is 14.4 Å². The number of amides is 1. The molecule has 2 bridgehead atoms. The summed E-state index contributed by atoms with van der Waals surface area (Å²) in [6, 6.07) is 11.0. The Hall–Kier alpha value is -3.08. The third-order valence-electron chi connectivity index (χ3n) is 9.65. The third kappa shape index (κ3) is 8.25. The molecule has 0 radical (unpaired) electrons.